The average Bonchev–Trinajstić information content (AvgIpc) is 3.27. The summed E-state index contributed by atoms with van der Waals surface area (Å²) in [6.45, 7) is 4.19. The molecule has 0 aliphatic carbocycles. The Hall–Kier alpha value is -2.60. The van der Waals surface area contributed by atoms with E-state index in [1.54, 1.807) is 18.7 Å². The molecule has 4 heterocycles. The lowest BCUT2D eigenvalue weighted by Gasteiger charge is -2.33. The first-order chi connectivity index (χ1) is 11.3. The van der Waals surface area contributed by atoms with E-state index in [0.717, 1.165) is 48.9 Å². The van der Waals surface area contributed by atoms with Crippen molar-refractivity contribution in [2.75, 3.05) is 38.1 Å². The van der Waals surface area contributed by atoms with Gasteiger partial charge in [-0.2, -0.15) is 5.10 Å². The third-order valence-corrected chi connectivity index (χ3v) is 4.26. The minimum atomic E-state index is 0.948. The summed E-state index contributed by atoms with van der Waals surface area (Å²) in [7, 11) is 2.16. The van der Waals surface area contributed by atoms with Crippen molar-refractivity contribution < 1.29 is 4.42 Å². The van der Waals surface area contributed by atoms with E-state index in [1.165, 1.54) is 0 Å². The summed E-state index contributed by atoms with van der Waals surface area (Å²) in [5, 5.41) is 4.41. The first kappa shape index (κ1) is 14.0. The SMILES string of the molecule is CN1CCN(c2ccc(-n3nccc3-c3ccoc3)cn2)CC1. The van der Waals surface area contributed by atoms with Crippen molar-refractivity contribution in [3.8, 4) is 16.9 Å². The molecule has 0 aromatic carbocycles. The van der Waals surface area contributed by atoms with Crippen molar-refractivity contribution in [2.24, 2.45) is 0 Å². The predicted octanol–water partition coefficient (Wildman–Crippen LogP) is 2.28. The van der Waals surface area contributed by atoms with Crippen molar-refractivity contribution in [3.05, 3.63) is 49.2 Å². The number of pyridine rings is 1. The van der Waals surface area contributed by atoms with Crippen molar-refractivity contribution >= 4 is 5.82 Å². The molecular weight excluding hydrogens is 290 g/mol. The zero-order valence-corrected chi connectivity index (χ0v) is 13.1. The molecule has 0 atom stereocenters. The maximum Gasteiger partial charge on any atom is 0.128 e. The van der Waals surface area contributed by atoms with Gasteiger partial charge in [0.1, 0.15) is 5.82 Å². The molecular formula is C17H19N5O. The molecule has 1 fully saturated rings. The van der Waals surface area contributed by atoms with E-state index in [1.807, 2.05) is 23.0 Å². The molecule has 0 amide bonds. The highest BCUT2D eigenvalue weighted by Crippen LogP contribution is 2.23. The Morgan fingerprint density at radius 3 is 2.61 bits per heavy atom. The summed E-state index contributed by atoms with van der Waals surface area (Å²) in [4.78, 5) is 9.29. The first-order valence-electron chi connectivity index (χ1n) is 7.78. The van der Waals surface area contributed by atoms with Gasteiger partial charge in [0.15, 0.2) is 0 Å². The van der Waals surface area contributed by atoms with Crippen LogP contribution >= 0.6 is 0 Å². The summed E-state index contributed by atoms with van der Waals surface area (Å²) in [6.07, 6.45) is 7.06. The lowest BCUT2D eigenvalue weighted by Crippen LogP contribution is -2.44. The van der Waals surface area contributed by atoms with Gasteiger partial charge in [0, 0.05) is 31.7 Å². The van der Waals surface area contributed by atoms with Crippen molar-refractivity contribution in [3.63, 3.8) is 0 Å². The van der Waals surface area contributed by atoms with Crippen LogP contribution in [-0.2, 0) is 0 Å². The lowest BCUT2D eigenvalue weighted by atomic mass is 10.2. The molecule has 1 saturated heterocycles. The Morgan fingerprint density at radius 2 is 1.91 bits per heavy atom. The van der Waals surface area contributed by atoms with E-state index in [-0.39, 0.29) is 0 Å². The smallest absolute Gasteiger partial charge is 0.128 e. The van der Waals surface area contributed by atoms with Gasteiger partial charge in [-0.05, 0) is 31.3 Å². The van der Waals surface area contributed by atoms with E-state index in [4.69, 9.17) is 4.42 Å². The van der Waals surface area contributed by atoms with Gasteiger partial charge in [-0.3, -0.25) is 0 Å². The summed E-state index contributed by atoms with van der Waals surface area (Å²) in [6, 6.07) is 8.04. The second-order valence-electron chi connectivity index (χ2n) is 5.81. The topological polar surface area (TPSA) is 50.3 Å². The first-order valence-corrected chi connectivity index (χ1v) is 7.78. The summed E-state index contributed by atoms with van der Waals surface area (Å²) < 4.78 is 7.05. The van der Waals surface area contributed by atoms with Crippen LogP contribution in [0, 0.1) is 0 Å². The van der Waals surface area contributed by atoms with E-state index in [0.29, 0.717) is 0 Å². The van der Waals surface area contributed by atoms with Crippen LogP contribution < -0.4 is 4.90 Å². The lowest BCUT2D eigenvalue weighted by molar-refractivity contribution is 0.312. The largest absolute Gasteiger partial charge is 0.472 e. The van der Waals surface area contributed by atoms with Crippen LogP contribution in [0.5, 0.6) is 0 Å². The maximum atomic E-state index is 5.17. The zero-order valence-electron chi connectivity index (χ0n) is 13.1. The Bertz CT molecular complexity index is 755. The second kappa shape index (κ2) is 5.89. The second-order valence-corrected chi connectivity index (χ2v) is 5.81. The molecule has 23 heavy (non-hydrogen) atoms. The third-order valence-electron chi connectivity index (χ3n) is 4.26. The number of nitrogens with zero attached hydrogens (tertiary/aromatic N) is 5. The average molecular weight is 309 g/mol. The highest BCUT2D eigenvalue weighted by atomic mass is 16.3. The van der Waals surface area contributed by atoms with Crippen LogP contribution in [0.15, 0.2) is 53.6 Å². The van der Waals surface area contributed by atoms with Gasteiger partial charge in [0.05, 0.1) is 36.3 Å². The number of likely N-dealkylation sites (N-methyl/N-ethyl adjacent to an activating group) is 1. The quantitative estimate of drug-likeness (QED) is 0.743. The van der Waals surface area contributed by atoms with Gasteiger partial charge >= 0.3 is 0 Å². The highest BCUT2D eigenvalue weighted by molar-refractivity contribution is 5.60. The molecule has 118 valence electrons. The molecule has 1 aliphatic rings. The monoisotopic (exact) mass is 309 g/mol. The van der Waals surface area contributed by atoms with E-state index >= 15 is 0 Å². The standard InChI is InChI=1S/C17H19N5O/c1-20-7-9-21(10-8-20)17-3-2-15(12-18-17)22-16(4-6-19-22)14-5-11-23-13-14/h2-6,11-13H,7-10H2,1H3. The maximum absolute atomic E-state index is 5.17. The molecule has 6 nitrogen and oxygen atoms in total. The Labute approximate surface area is 135 Å². The van der Waals surface area contributed by atoms with Crippen LogP contribution in [0.2, 0.25) is 0 Å². The molecule has 0 spiro atoms. The number of anilines is 1. The van der Waals surface area contributed by atoms with Crippen LogP contribution in [0.25, 0.3) is 16.9 Å². The van der Waals surface area contributed by atoms with Gasteiger partial charge in [-0.25, -0.2) is 9.67 Å². The molecule has 0 saturated carbocycles. The molecule has 0 bridgehead atoms. The van der Waals surface area contributed by atoms with Crippen LogP contribution in [0.3, 0.4) is 0 Å². The van der Waals surface area contributed by atoms with Gasteiger partial charge in [-0.15, -0.1) is 0 Å². The molecule has 0 unspecified atom stereocenters. The molecule has 6 heteroatoms. The summed E-state index contributed by atoms with van der Waals surface area (Å²) in [5.74, 6) is 1.03. The number of rotatable bonds is 3. The van der Waals surface area contributed by atoms with Crippen molar-refractivity contribution in [2.45, 2.75) is 0 Å². The van der Waals surface area contributed by atoms with Gasteiger partial charge in [0.2, 0.25) is 0 Å². The normalized spacial score (nSPS) is 16.0. The van der Waals surface area contributed by atoms with E-state index in [9.17, 15) is 0 Å². The number of aromatic nitrogens is 3. The van der Waals surface area contributed by atoms with Crippen molar-refractivity contribution in [1.82, 2.24) is 19.7 Å². The fourth-order valence-corrected chi connectivity index (χ4v) is 2.86. The van der Waals surface area contributed by atoms with Gasteiger partial charge in [0.25, 0.3) is 0 Å². The Morgan fingerprint density at radius 1 is 1.04 bits per heavy atom. The van der Waals surface area contributed by atoms with E-state index in [2.05, 4.69) is 39.1 Å². The molecule has 0 radical (unpaired) electrons. The summed E-state index contributed by atoms with van der Waals surface area (Å²) >= 11 is 0. The molecule has 1 aliphatic heterocycles. The summed E-state index contributed by atoms with van der Waals surface area (Å²) in [5.41, 5.74) is 2.95. The highest BCUT2D eigenvalue weighted by Gasteiger charge is 2.15. The van der Waals surface area contributed by atoms with Crippen LogP contribution in [0.4, 0.5) is 5.82 Å². The fourth-order valence-electron chi connectivity index (χ4n) is 2.86. The number of hydrogen-bond acceptors (Lipinski definition) is 5. The van der Waals surface area contributed by atoms with Gasteiger partial charge in [-0.1, -0.05) is 0 Å². The number of hydrogen-bond donors (Lipinski definition) is 0. The minimum Gasteiger partial charge on any atom is -0.472 e. The fraction of sp³-hybridized carbons (Fsp3) is 0.294. The van der Waals surface area contributed by atoms with Crippen molar-refractivity contribution in [1.29, 1.82) is 0 Å². The minimum absolute atomic E-state index is 0.948. The molecule has 3 aromatic heterocycles. The van der Waals surface area contributed by atoms with Gasteiger partial charge < -0.3 is 14.2 Å². The molecule has 3 aromatic rings. The Balaban J connectivity index is 1.58. The molecule has 0 N–H and O–H groups in total. The van der Waals surface area contributed by atoms with E-state index < -0.39 is 0 Å². The molecule has 4 rings (SSSR count). The third kappa shape index (κ3) is 2.73. The Kier molecular flexibility index (Phi) is 3.59. The van der Waals surface area contributed by atoms with Crippen LogP contribution in [-0.4, -0.2) is 52.9 Å². The van der Waals surface area contributed by atoms with Crippen LogP contribution in [0.1, 0.15) is 0 Å². The predicted molar refractivity (Wildman–Crippen MR) is 88.8 cm³/mol. The number of furan rings is 1. The zero-order chi connectivity index (χ0) is 15.6. The number of piperazine rings is 1.